The first-order chi connectivity index (χ1) is 7.71. The highest BCUT2D eigenvalue weighted by Crippen LogP contribution is 2.45. The van der Waals surface area contributed by atoms with Crippen LogP contribution in [0.3, 0.4) is 0 Å². The van der Waals surface area contributed by atoms with Crippen LogP contribution in [-0.4, -0.2) is 24.0 Å². The number of aryl methyl sites for hydroxylation is 1. The van der Waals surface area contributed by atoms with Gasteiger partial charge < -0.3 is 4.90 Å². The molecule has 1 heterocycles. The standard InChI is InChI=1S/C15H21N/c1-12(2)16-10-9-15(11-16)8-7-13-5-3-4-6-14(13)15/h3-6,12H,7-11H2,1-2H3. The SMILES string of the molecule is CC(C)N1CCC2(CCc3ccccc32)C1. The maximum atomic E-state index is 2.64. The molecule has 1 unspecified atom stereocenters. The Morgan fingerprint density at radius 1 is 1.19 bits per heavy atom. The normalized spacial score (nSPS) is 29.2. The van der Waals surface area contributed by atoms with Crippen molar-refractivity contribution < 1.29 is 0 Å². The van der Waals surface area contributed by atoms with E-state index in [1.165, 1.54) is 32.4 Å². The maximum Gasteiger partial charge on any atom is 0.00984 e. The molecule has 1 spiro atoms. The van der Waals surface area contributed by atoms with Gasteiger partial charge in [-0.15, -0.1) is 0 Å². The van der Waals surface area contributed by atoms with Crippen LogP contribution in [0, 0.1) is 0 Å². The summed E-state index contributed by atoms with van der Waals surface area (Å²) < 4.78 is 0. The number of hydrogen-bond acceptors (Lipinski definition) is 1. The van der Waals surface area contributed by atoms with Crippen molar-refractivity contribution in [2.75, 3.05) is 13.1 Å². The third kappa shape index (κ3) is 1.41. The fourth-order valence-corrected chi connectivity index (χ4v) is 3.53. The molecule has 0 amide bonds. The lowest BCUT2D eigenvalue weighted by atomic mass is 9.81. The van der Waals surface area contributed by atoms with Gasteiger partial charge in [0, 0.05) is 18.0 Å². The summed E-state index contributed by atoms with van der Waals surface area (Å²) in [6, 6.07) is 9.79. The highest BCUT2D eigenvalue weighted by Gasteiger charge is 2.44. The van der Waals surface area contributed by atoms with Crippen molar-refractivity contribution in [1.82, 2.24) is 4.90 Å². The lowest BCUT2D eigenvalue weighted by Gasteiger charge is -2.27. The molecule has 1 aromatic carbocycles. The molecule has 0 bridgehead atoms. The molecule has 0 saturated carbocycles. The Labute approximate surface area is 98.5 Å². The quantitative estimate of drug-likeness (QED) is 0.696. The van der Waals surface area contributed by atoms with Crippen LogP contribution >= 0.6 is 0 Å². The third-order valence-electron chi connectivity index (χ3n) is 4.58. The Hall–Kier alpha value is -0.820. The molecule has 86 valence electrons. The van der Waals surface area contributed by atoms with Gasteiger partial charge in [-0.2, -0.15) is 0 Å². The summed E-state index contributed by atoms with van der Waals surface area (Å²) in [7, 11) is 0. The van der Waals surface area contributed by atoms with Crippen LogP contribution in [0.2, 0.25) is 0 Å². The highest BCUT2D eigenvalue weighted by molar-refractivity contribution is 5.40. The number of rotatable bonds is 1. The van der Waals surface area contributed by atoms with Gasteiger partial charge in [-0.1, -0.05) is 24.3 Å². The van der Waals surface area contributed by atoms with Gasteiger partial charge in [-0.3, -0.25) is 0 Å². The number of nitrogens with zero attached hydrogens (tertiary/aromatic N) is 1. The van der Waals surface area contributed by atoms with E-state index in [0.717, 1.165) is 0 Å². The number of fused-ring (bicyclic) bond motifs is 2. The summed E-state index contributed by atoms with van der Waals surface area (Å²) in [6.07, 6.45) is 4.03. The van der Waals surface area contributed by atoms with Crippen molar-refractivity contribution >= 4 is 0 Å². The van der Waals surface area contributed by atoms with E-state index >= 15 is 0 Å². The number of hydrogen-bond donors (Lipinski definition) is 0. The van der Waals surface area contributed by atoms with E-state index in [4.69, 9.17) is 0 Å². The summed E-state index contributed by atoms with van der Waals surface area (Å²) in [5, 5.41) is 0. The molecule has 1 heteroatoms. The van der Waals surface area contributed by atoms with Gasteiger partial charge in [0.2, 0.25) is 0 Å². The fourth-order valence-electron chi connectivity index (χ4n) is 3.53. The van der Waals surface area contributed by atoms with Gasteiger partial charge in [0.05, 0.1) is 0 Å². The largest absolute Gasteiger partial charge is 0.300 e. The molecule has 1 nitrogen and oxygen atoms in total. The monoisotopic (exact) mass is 215 g/mol. The van der Waals surface area contributed by atoms with Crippen molar-refractivity contribution in [1.29, 1.82) is 0 Å². The summed E-state index contributed by atoms with van der Waals surface area (Å²) in [5.41, 5.74) is 3.76. The Balaban J connectivity index is 1.92. The maximum absolute atomic E-state index is 2.64. The minimum atomic E-state index is 0.501. The van der Waals surface area contributed by atoms with Crippen molar-refractivity contribution in [2.45, 2.75) is 44.6 Å². The number of likely N-dealkylation sites (tertiary alicyclic amines) is 1. The van der Waals surface area contributed by atoms with Crippen molar-refractivity contribution in [3.05, 3.63) is 35.4 Å². The van der Waals surface area contributed by atoms with E-state index in [2.05, 4.69) is 43.0 Å². The van der Waals surface area contributed by atoms with Gasteiger partial charge >= 0.3 is 0 Å². The molecule has 0 radical (unpaired) electrons. The van der Waals surface area contributed by atoms with E-state index in [1.54, 1.807) is 11.1 Å². The van der Waals surface area contributed by atoms with Gasteiger partial charge in [0.25, 0.3) is 0 Å². The average molecular weight is 215 g/mol. The predicted molar refractivity (Wildman–Crippen MR) is 67.8 cm³/mol. The smallest absolute Gasteiger partial charge is 0.00984 e. The number of benzene rings is 1. The molecular weight excluding hydrogens is 194 g/mol. The molecule has 1 aliphatic carbocycles. The van der Waals surface area contributed by atoms with Crippen LogP contribution in [0.25, 0.3) is 0 Å². The van der Waals surface area contributed by atoms with Crippen LogP contribution in [0.15, 0.2) is 24.3 Å². The lowest BCUT2D eigenvalue weighted by molar-refractivity contribution is 0.255. The minimum absolute atomic E-state index is 0.501. The molecule has 1 aliphatic heterocycles. The van der Waals surface area contributed by atoms with Crippen LogP contribution in [0.5, 0.6) is 0 Å². The zero-order valence-electron chi connectivity index (χ0n) is 10.4. The zero-order chi connectivity index (χ0) is 11.2. The molecule has 1 aromatic rings. The Morgan fingerprint density at radius 3 is 2.75 bits per heavy atom. The molecule has 1 fully saturated rings. The van der Waals surface area contributed by atoms with Crippen LogP contribution < -0.4 is 0 Å². The predicted octanol–water partition coefficient (Wildman–Crippen LogP) is 2.98. The molecule has 3 rings (SSSR count). The first-order valence-electron chi connectivity index (χ1n) is 6.54. The van der Waals surface area contributed by atoms with Crippen molar-refractivity contribution in [3.63, 3.8) is 0 Å². The van der Waals surface area contributed by atoms with Gasteiger partial charge in [-0.05, 0) is 50.8 Å². The first kappa shape index (κ1) is 10.3. The Kier molecular flexibility index (Phi) is 2.32. The third-order valence-corrected chi connectivity index (χ3v) is 4.58. The summed E-state index contributed by atoms with van der Waals surface area (Å²) >= 11 is 0. The van der Waals surface area contributed by atoms with Gasteiger partial charge in [0.15, 0.2) is 0 Å². The molecule has 16 heavy (non-hydrogen) atoms. The van der Waals surface area contributed by atoms with Gasteiger partial charge in [-0.25, -0.2) is 0 Å². The van der Waals surface area contributed by atoms with Crippen LogP contribution in [-0.2, 0) is 11.8 Å². The van der Waals surface area contributed by atoms with E-state index in [1.807, 2.05) is 0 Å². The fraction of sp³-hybridized carbons (Fsp3) is 0.600. The van der Waals surface area contributed by atoms with Crippen LogP contribution in [0.4, 0.5) is 0 Å². The summed E-state index contributed by atoms with van der Waals surface area (Å²) in [6.45, 7) is 7.20. The zero-order valence-corrected chi connectivity index (χ0v) is 10.4. The Morgan fingerprint density at radius 2 is 2.00 bits per heavy atom. The molecule has 2 aliphatic rings. The van der Waals surface area contributed by atoms with E-state index in [-0.39, 0.29) is 0 Å². The van der Waals surface area contributed by atoms with E-state index in [0.29, 0.717) is 11.5 Å². The second-order valence-corrected chi connectivity index (χ2v) is 5.75. The first-order valence-corrected chi connectivity index (χ1v) is 6.54. The average Bonchev–Trinajstić information content (AvgIpc) is 2.87. The summed E-state index contributed by atoms with van der Waals surface area (Å²) in [5.74, 6) is 0. The second kappa shape index (κ2) is 3.59. The molecule has 0 N–H and O–H groups in total. The van der Waals surface area contributed by atoms with Crippen molar-refractivity contribution in [2.24, 2.45) is 0 Å². The molecule has 1 atom stereocenters. The molecular formula is C15H21N. The van der Waals surface area contributed by atoms with Crippen LogP contribution in [0.1, 0.15) is 37.8 Å². The Bertz CT molecular complexity index is 396. The highest BCUT2D eigenvalue weighted by atomic mass is 15.2. The molecule has 0 aromatic heterocycles. The minimum Gasteiger partial charge on any atom is -0.300 e. The topological polar surface area (TPSA) is 3.24 Å². The van der Waals surface area contributed by atoms with E-state index in [9.17, 15) is 0 Å². The van der Waals surface area contributed by atoms with Gasteiger partial charge in [0.1, 0.15) is 0 Å². The van der Waals surface area contributed by atoms with E-state index < -0.39 is 0 Å². The lowest BCUT2D eigenvalue weighted by Crippen LogP contribution is -2.33. The molecule has 1 saturated heterocycles. The van der Waals surface area contributed by atoms with Crippen molar-refractivity contribution in [3.8, 4) is 0 Å². The summed E-state index contributed by atoms with van der Waals surface area (Å²) in [4.78, 5) is 2.64. The second-order valence-electron chi connectivity index (χ2n) is 5.75.